The molecule has 1 aliphatic heterocycles. The number of carbonyl (C=O) groups excluding carboxylic acids is 1. The molecular weight excluding hydrogens is 466 g/mol. The van der Waals surface area contributed by atoms with Crippen molar-refractivity contribution in [3.05, 3.63) is 114 Å². The fourth-order valence-corrected chi connectivity index (χ4v) is 5.55. The smallest absolute Gasteiger partial charge is 0.238 e. The Morgan fingerprint density at radius 3 is 2.39 bits per heavy atom. The Kier molecular flexibility index (Phi) is 6.21. The van der Waals surface area contributed by atoms with Gasteiger partial charge in [0.2, 0.25) is 5.91 Å². The van der Waals surface area contributed by atoms with E-state index in [0.29, 0.717) is 13.0 Å². The minimum atomic E-state index is -0.285. The number of nitrogens with one attached hydrogen (secondary N) is 1. The maximum absolute atomic E-state index is 13.5. The topological polar surface area (TPSA) is 45.2 Å². The summed E-state index contributed by atoms with van der Waals surface area (Å²) in [5, 5.41) is 6.79. The summed E-state index contributed by atoms with van der Waals surface area (Å²) in [6.45, 7) is 7.52. The number of pyridine rings is 1. The van der Waals surface area contributed by atoms with E-state index < -0.39 is 0 Å². The second kappa shape index (κ2) is 9.70. The summed E-state index contributed by atoms with van der Waals surface area (Å²) in [7, 11) is 0. The highest BCUT2D eigenvalue weighted by Crippen LogP contribution is 2.31. The van der Waals surface area contributed by atoms with Crippen LogP contribution in [0.2, 0.25) is 0 Å². The van der Waals surface area contributed by atoms with Crippen molar-refractivity contribution in [1.82, 2.24) is 15.2 Å². The molecule has 0 aliphatic carbocycles. The van der Waals surface area contributed by atoms with Crippen molar-refractivity contribution in [3.63, 3.8) is 0 Å². The van der Waals surface area contributed by atoms with Gasteiger partial charge in [-0.25, -0.2) is 4.98 Å². The van der Waals surface area contributed by atoms with Crippen molar-refractivity contribution in [1.29, 1.82) is 0 Å². The van der Waals surface area contributed by atoms with Gasteiger partial charge in [0.1, 0.15) is 0 Å². The third-order valence-corrected chi connectivity index (χ3v) is 7.37. The molecule has 0 spiro atoms. The molecule has 38 heavy (non-hydrogen) atoms. The number of para-hydroxylation sites is 1. The first-order chi connectivity index (χ1) is 18.3. The zero-order valence-corrected chi connectivity index (χ0v) is 22.2. The van der Waals surface area contributed by atoms with E-state index in [4.69, 9.17) is 4.98 Å². The predicted molar refractivity (Wildman–Crippen MR) is 156 cm³/mol. The number of rotatable bonds is 4. The summed E-state index contributed by atoms with van der Waals surface area (Å²) < 4.78 is 0. The molecule has 0 bridgehead atoms. The molecule has 0 fully saturated rings. The number of hydrogen-bond donors (Lipinski definition) is 1. The molecule has 4 heteroatoms. The van der Waals surface area contributed by atoms with E-state index in [1.807, 2.05) is 26.8 Å². The maximum atomic E-state index is 13.5. The van der Waals surface area contributed by atoms with Crippen LogP contribution < -0.4 is 5.32 Å². The highest BCUT2D eigenvalue weighted by atomic mass is 16.2. The van der Waals surface area contributed by atoms with Gasteiger partial charge in [0, 0.05) is 29.6 Å². The van der Waals surface area contributed by atoms with Crippen LogP contribution >= 0.6 is 0 Å². The molecule has 6 rings (SSSR count). The number of aromatic nitrogens is 1. The molecule has 2 heterocycles. The van der Waals surface area contributed by atoms with Crippen LogP contribution in [0.1, 0.15) is 37.5 Å². The van der Waals surface area contributed by atoms with E-state index in [1.165, 1.54) is 27.5 Å². The lowest BCUT2D eigenvalue weighted by Crippen LogP contribution is -2.54. The zero-order valence-electron chi connectivity index (χ0n) is 22.2. The molecule has 1 aromatic heterocycles. The van der Waals surface area contributed by atoms with Gasteiger partial charge >= 0.3 is 0 Å². The molecule has 0 unspecified atom stereocenters. The Bertz CT molecular complexity index is 1650. The van der Waals surface area contributed by atoms with Gasteiger partial charge in [0.05, 0.1) is 17.3 Å². The Morgan fingerprint density at radius 2 is 1.58 bits per heavy atom. The van der Waals surface area contributed by atoms with Gasteiger partial charge in [0.15, 0.2) is 0 Å². The summed E-state index contributed by atoms with van der Waals surface area (Å²) >= 11 is 0. The number of fused-ring (bicyclic) bond motifs is 3. The zero-order chi connectivity index (χ0) is 26.3. The van der Waals surface area contributed by atoms with Crippen molar-refractivity contribution in [2.45, 2.75) is 51.9 Å². The lowest BCUT2D eigenvalue weighted by Gasteiger charge is -2.37. The lowest BCUT2D eigenvalue weighted by atomic mass is 9.92. The van der Waals surface area contributed by atoms with Gasteiger partial charge in [0.25, 0.3) is 0 Å². The second-order valence-electron chi connectivity index (χ2n) is 11.4. The minimum absolute atomic E-state index is 0.0834. The highest BCUT2D eigenvalue weighted by Gasteiger charge is 2.33. The lowest BCUT2D eigenvalue weighted by molar-refractivity contribution is -0.128. The molecule has 4 aromatic carbocycles. The number of hydrogen-bond acceptors (Lipinski definition) is 3. The van der Waals surface area contributed by atoms with Gasteiger partial charge in [-0.2, -0.15) is 0 Å². The van der Waals surface area contributed by atoms with Crippen LogP contribution in [-0.4, -0.2) is 27.4 Å². The number of benzene rings is 4. The maximum Gasteiger partial charge on any atom is 0.238 e. The monoisotopic (exact) mass is 499 g/mol. The molecule has 0 saturated carbocycles. The molecule has 1 aliphatic rings. The van der Waals surface area contributed by atoms with E-state index in [9.17, 15) is 4.79 Å². The second-order valence-corrected chi connectivity index (χ2v) is 11.4. The van der Waals surface area contributed by atoms with Gasteiger partial charge in [-0.05, 0) is 72.9 Å². The van der Waals surface area contributed by atoms with Crippen LogP contribution in [-0.2, 0) is 24.3 Å². The first-order valence-electron chi connectivity index (χ1n) is 13.3. The Hall–Kier alpha value is -4.02. The summed E-state index contributed by atoms with van der Waals surface area (Å²) in [5.74, 6) is 0.0834. The molecule has 1 N–H and O–H groups in total. The van der Waals surface area contributed by atoms with Crippen LogP contribution in [0.3, 0.4) is 0 Å². The third-order valence-electron chi connectivity index (χ3n) is 7.37. The summed E-state index contributed by atoms with van der Waals surface area (Å²) in [6, 6.07) is 33.8. The average Bonchev–Trinajstić information content (AvgIpc) is 2.91. The van der Waals surface area contributed by atoms with Gasteiger partial charge in [-0.15, -0.1) is 0 Å². The molecule has 0 radical (unpaired) electrons. The van der Waals surface area contributed by atoms with E-state index in [-0.39, 0.29) is 17.5 Å². The van der Waals surface area contributed by atoms with Crippen molar-refractivity contribution in [2.24, 2.45) is 0 Å². The molecule has 0 saturated heterocycles. The Balaban J connectivity index is 1.42. The molecule has 5 aromatic rings. The summed E-state index contributed by atoms with van der Waals surface area (Å²) in [6.07, 6.45) is 0.707. The van der Waals surface area contributed by atoms with Crippen LogP contribution in [0, 0.1) is 0 Å². The first-order valence-corrected chi connectivity index (χ1v) is 13.3. The quantitative estimate of drug-likeness (QED) is 0.293. The van der Waals surface area contributed by atoms with Crippen LogP contribution in [0.25, 0.3) is 32.9 Å². The molecule has 1 atom stereocenters. The fourth-order valence-electron chi connectivity index (χ4n) is 5.55. The van der Waals surface area contributed by atoms with Crippen LogP contribution in [0.5, 0.6) is 0 Å². The van der Waals surface area contributed by atoms with E-state index in [1.54, 1.807) is 0 Å². The van der Waals surface area contributed by atoms with Gasteiger partial charge in [-0.1, -0.05) is 78.9 Å². The predicted octanol–water partition coefficient (Wildman–Crippen LogP) is 6.90. The summed E-state index contributed by atoms with van der Waals surface area (Å²) in [4.78, 5) is 20.9. The van der Waals surface area contributed by atoms with Gasteiger partial charge < -0.3 is 5.32 Å². The van der Waals surface area contributed by atoms with Crippen LogP contribution in [0.4, 0.5) is 0 Å². The number of carbonyl (C=O) groups is 1. The standard InChI is InChI=1S/C34H33N3O/c1-34(2,3)36-33(38)32-20-25-12-6-7-13-27(25)21-37(32)22-28-19-31(35-30-15-9-8-14-29(28)30)26-17-16-23-10-4-5-11-24(23)18-26/h4-19,32H,20-22H2,1-3H3,(H,36,38)/t32-/m0/s1. The van der Waals surface area contributed by atoms with E-state index in [0.717, 1.165) is 28.7 Å². The number of amides is 1. The SMILES string of the molecule is CC(C)(C)NC(=O)[C@@H]1Cc2ccccc2CN1Cc1cc(-c2ccc3ccccc3c2)nc2ccccc12. The summed E-state index contributed by atoms with van der Waals surface area (Å²) in [5.41, 5.74) is 6.48. The third kappa shape index (κ3) is 4.92. The van der Waals surface area contributed by atoms with Crippen molar-refractivity contribution in [2.75, 3.05) is 0 Å². The number of nitrogens with zero attached hydrogens (tertiary/aromatic N) is 2. The fraction of sp³-hybridized carbons (Fsp3) is 0.235. The molecule has 1 amide bonds. The first kappa shape index (κ1) is 24.3. The van der Waals surface area contributed by atoms with Crippen molar-refractivity contribution < 1.29 is 4.79 Å². The Morgan fingerprint density at radius 1 is 0.868 bits per heavy atom. The highest BCUT2D eigenvalue weighted by molar-refractivity contribution is 5.89. The average molecular weight is 500 g/mol. The molecule has 190 valence electrons. The Labute approximate surface area is 224 Å². The van der Waals surface area contributed by atoms with E-state index >= 15 is 0 Å². The van der Waals surface area contributed by atoms with Crippen LogP contribution in [0.15, 0.2) is 97.1 Å². The van der Waals surface area contributed by atoms with Crippen molar-refractivity contribution in [3.8, 4) is 11.3 Å². The normalized spacial score (nSPS) is 15.9. The largest absolute Gasteiger partial charge is 0.350 e. The van der Waals surface area contributed by atoms with Gasteiger partial charge in [-0.3, -0.25) is 9.69 Å². The molecule has 4 nitrogen and oxygen atoms in total. The molecular formula is C34H33N3O. The van der Waals surface area contributed by atoms with Crippen molar-refractivity contribution >= 4 is 27.6 Å². The minimum Gasteiger partial charge on any atom is -0.350 e. The van der Waals surface area contributed by atoms with E-state index in [2.05, 4.69) is 101 Å².